The minimum absolute atomic E-state index is 0.0653. The molecule has 1 aromatic rings. The lowest BCUT2D eigenvalue weighted by Crippen LogP contribution is -2.51. The lowest BCUT2D eigenvalue weighted by molar-refractivity contribution is -0.125. The molecule has 1 N–H and O–H groups in total. The first kappa shape index (κ1) is 24.2. The molecule has 31 heavy (non-hydrogen) atoms. The maximum atomic E-state index is 13.5. The number of rotatable bonds is 7. The van der Waals surface area contributed by atoms with Gasteiger partial charge in [0.1, 0.15) is 6.04 Å². The van der Waals surface area contributed by atoms with Crippen molar-refractivity contribution in [3.05, 3.63) is 28.8 Å². The highest BCUT2D eigenvalue weighted by Gasteiger charge is 2.40. The van der Waals surface area contributed by atoms with Crippen LogP contribution in [0.5, 0.6) is 0 Å². The summed E-state index contributed by atoms with van der Waals surface area (Å²) < 4.78 is 34.1. The summed E-state index contributed by atoms with van der Waals surface area (Å²) >= 11 is 0. The predicted molar refractivity (Wildman–Crippen MR) is 122 cm³/mol. The number of nitrogens with zero attached hydrogens (tertiary/aromatic N) is 2. The van der Waals surface area contributed by atoms with Gasteiger partial charge in [-0.3, -0.25) is 9.69 Å². The van der Waals surface area contributed by atoms with Crippen LogP contribution in [0.3, 0.4) is 0 Å². The molecule has 2 aliphatic heterocycles. The van der Waals surface area contributed by atoms with E-state index in [2.05, 4.69) is 24.1 Å². The van der Waals surface area contributed by atoms with Crippen molar-refractivity contribution in [3.63, 3.8) is 0 Å². The molecule has 2 fully saturated rings. The molecule has 2 saturated heterocycles. The fourth-order valence-electron chi connectivity index (χ4n) is 4.90. The van der Waals surface area contributed by atoms with Crippen molar-refractivity contribution in [1.29, 1.82) is 0 Å². The Labute approximate surface area is 187 Å². The molecule has 2 heterocycles. The summed E-state index contributed by atoms with van der Waals surface area (Å²) in [6.45, 7) is 14.1. The number of carbonyl (C=O) groups is 1. The van der Waals surface area contributed by atoms with Gasteiger partial charge in [-0.1, -0.05) is 31.5 Å². The number of hydrogen-bond acceptors (Lipinski definition) is 5. The van der Waals surface area contributed by atoms with Gasteiger partial charge >= 0.3 is 0 Å². The third-order valence-corrected chi connectivity index (χ3v) is 8.24. The molecule has 1 amide bonds. The highest BCUT2D eigenvalue weighted by atomic mass is 32.2. The van der Waals surface area contributed by atoms with E-state index in [0.29, 0.717) is 43.4 Å². The van der Waals surface area contributed by atoms with Crippen LogP contribution >= 0.6 is 0 Å². The Morgan fingerprint density at radius 2 is 1.87 bits per heavy atom. The van der Waals surface area contributed by atoms with Crippen LogP contribution in [0.4, 0.5) is 0 Å². The van der Waals surface area contributed by atoms with Gasteiger partial charge in [-0.15, -0.1) is 0 Å². The van der Waals surface area contributed by atoms with Gasteiger partial charge in [-0.05, 0) is 50.7 Å². The number of carbonyl (C=O) groups excluding carboxylic acids is 1. The second kappa shape index (κ2) is 9.98. The SMILES string of the molecule is Cc1cc(C)c(S(=O)(=O)N2CCCC2C(=O)NCC2CN(CC(C)C)CCO2)c(C)c1. The van der Waals surface area contributed by atoms with Crippen molar-refractivity contribution in [2.75, 3.05) is 39.3 Å². The number of benzene rings is 1. The first-order chi connectivity index (χ1) is 14.6. The van der Waals surface area contributed by atoms with Crippen LogP contribution in [-0.4, -0.2) is 75.0 Å². The molecule has 0 bridgehead atoms. The van der Waals surface area contributed by atoms with Gasteiger partial charge in [0.2, 0.25) is 15.9 Å². The van der Waals surface area contributed by atoms with Crippen molar-refractivity contribution in [1.82, 2.24) is 14.5 Å². The first-order valence-corrected chi connectivity index (χ1v) is 12.7. The van der Waals surface area contributed by atoms with E-state index in [9.17, 15) is 13.2 Å². The summed E-state index contributed by atoms with van der Waals surface area (Å²) in [6.07, 6.45) is 1.16. The number of nitrogens with one attached hydrogen (secondary N) is 1. The minimum Gasteiger partial charge on any atom is -0.374 e. The van der Waals surface area contributed by atoms with Gasteiger partial charge in [-0.25, -0.2) is 8.42 Å². The number of morpholine rings is 1. The van der Waals surface area contributed by atoms with Crippen LogP contribution in [0.1, 0.15) is 43.4 Å². The average molecular weight is 452 g/mol. The van der Waals surface area contributed by atoms with E-state index in [-0.39, 0.29) is 12.0 Å². The number of amides is 1. The highest BCUT2D eigenvalue weighted by molar-refractivity contribution is 7.89. The Morgan fingerprint density at radius 3 is 2.52 bits per heavy atom. The van der Waals surface area contributed by atoms with Crippen molar-refractivity contribution in [2.24, 2.45) is 5.92 Å². The zero-order valence-corrected chi connectivity index (χ0v) is 20.3. The van der Waals surface area contributed by atoms with Gasteiger partial charge in [0.05, 0.1) is 17.6 Å². The molecule has 2 aliphatic rings. The molecule has 2 unspecified atom stereocenters. The zero-order valence-electron chi connectivity index (χ0n) is 19.5. The summed E-state index contributed by atoms with van der Waals surface area (Å²) in [5.74, 6) is 0.354. The standard InChI is InChI=1S/C23H37N3O4S/c1-16(2)14-25-9-10-30-20(15-25)13-24-23(27)21-7-6-8-26(21)31(28,29)22-18(4)11-17(3)12-19(22)5/h11-12,16,20-21H,6-10,13-15H2,1-5H3,(H,24,27). The molecule has 0 saturated carbocycles. The lowest BCUT2D eigenvalue weighted by atomic mass is 10.1. The van der Waals surface area contributed by atoms with Crippen molar-refractivity contribution >= 4 is 15.9 Å². The second-order valence-corrected chi connectivity index (χ2v) is 11.2. The van der Waals surface area contributed by atoms with Gasteiger partial charge in [0.25, 0.3) is 0 Å². The second-order valence-electron chi connectivity index (χ2n) is 9.39. The van der Waals surface area contributed by atoms with Gasteiger partial charge in [-0.2, -0.15) is 4.31 Å². The fourth-order valence-corrected chi connectivity index (χ4v) is 6.97. The van der Waals surface area contributed by atoms with Gasteiger partial charge in [0.15, 0.2) is 0 Å². The van der Waals surface area contributed by atoms with Crippen LogP contribution < -0.4 is 5.32 Å². The maximum Gasteiger partial charge on any atom is 0.244 e. The molecule has 0 aliphatic carbocycles. The van der Waals surface area contributed by atoms with E-state index in [1.54, 1.807) is 0 Å². The van der Waals surface area contributed by atoms with Crippen molar-refractivity contribution in [3.8, 4) is 0 Å². The van der Waals surface area contributed by atoms with Crippen LogP contribution in [-0.2, 0) is 19.6 Å². The molecule has 0 aromatic heterocycles. The van der Waals surface area contributed by atoms with Gasteiger partial charge < -0.3 is 10.1 Å². The first-order valence-electron chi connectivity index (χ1n) is 11.3. The highest BCUT2D eigenvalue weighted by Crippen LogP contribution is 2.30. The molecule has 3 rings (SSSR count). The summed E-state index contributed by atoms with van der Waals surface area (Å²) in [6, 6.07) is 3.10. The maximum absolute atomic E-state index is 13.5. The Morgan fingerprint density at radius 1 is 1.19 bits per heavy atom. The van der Waals surface area contributed by atoms with E-state index < -0.39 is 16.1 Å². The third-order valence-electron chi connectivity index (χ3n) is 6.03. The topological polar surface area (TPSA) is 79.0 Å². The summed E-state index contributed by atoms with van der Waals surface area (Å²) in [4.78, 5) is 15.7. The lowest BCUT2D eigenvalue weighted by Gasteiger charge is -2.34. The predicted octanol–water partition coefficient (Wildman–Crippen LogP) is 2.24. The minimum atomic E-state index is -3.74. The average Bonchev–Trinajstić information content (AvgIpc) is 3.16. The Bertz CT molecular complexity index is 877. The van der Waals surface area contributed by atoms with E-state index in [4.69, 9.17) is 4.74 Å². The summed E-state index contributed by atoms with van der Waals surface area (Å²) in [7, 11) is -3.74. The largest absolute Gasteiger partial charge is 0.374 e. The normalized spacial score (nSPS) is 23.4. The molecular weight excluding hydrogens is 414 g/mol. The van der Waals surface area contributed by atoms with E-state index in [1.165, 1.54) is 4.31 Å². The van der Waals surface area contributed by atoms with E-state index in [0.717, 1.165) is 36.3 Å². The molecule has 0 spiro atoms. The van der Waals surface area contributed by atoms with Crippen molar-refractivity contribution < 1.29 is 17.9 Å². The Balaban J connectivity index is 1.67. The third kappa shape index (κ3) is 5.66. The van der Waals surface area contributed by atoms with Crippen LogP contribution in [0.15, 0.2) is 17.0 Å². The quantitative estimate of drug-likeness (QED) is 0.688. The summed E-state index contributed by atoms with van der Waals surface area (Å²) in [5.41, 5.74) is 2.48. The number of hydrogen-bond donors (Lipinski definition) is 1. The monoisotopic (exact) mass is 451 g/mol. The zero-order chi connectivity index (χ0) is 22.8. The fraction of sp³-hybridized carbons (Fsp3) is 0.696. The number of sulfonamides is 1. The van der Waals surface area contributed by atoms with E-state index in [1.807, 2.05) is 32.9 Å². The summed E-state index contributed by atoms with van der Waals surface area (Å²) in [5, 5.41) is 2.96. The van der Waals surface area contributed by atoms with Gasteiger partial charge in [0, 0.05) is 32.7 Å². The smallest absolute Gasteiger partial charge is 0.244 e. The Hall–Kier alpha value is -1.48. The van der Waals surface area contributed by atoms with Crippen LogP contribution in [0, 0.1) is 26.7 Å². The number of ether oxygens (including phenoxy) is 1. The van der Waals surface area contributed by atoms with Crippen LogP contribution in [0.2, 0.25) is 0 Å². The molecule has 1 aromatic carbocycles. The Kier molecular flexibility index (Phi) is 7.78. The molecule has 8 heteroatoms. The van der Waals surface area contributed by atoms with E-state index >= 15 is 0 Å². The molecule has 7 nitrogen and oxygen atoms in total. The molecule has 0 radical (unpaired) electrons. The molecule has 174 valence electrons. The van der Waals surface area contributed by atoms with Crippen molar-refractivity contribution in [2.45, 2.75) is 64.5 Å². The number of aryl methyl sites for hydroxylation is 3. The molecule has 2 atom stereocenters. The molecular formula is C23H37N3O4S. The van der Waals surface area contributed by atoms with Crippen LogP contribution in [0.25, 0.3) is 0 Å².